The highest BCUT2D eigenvalue weighted by molar-refractivity contribution is 5.95. The molecular formula is C11H9NO5. The number of rotatable bonds is 2. The van der Waals surface area contributed by atoms with Crippen LogP contribution >= 0.6 is 0 Å². The van der Waals surface area contributed by atoms with E-state index in [0.717, 1.165) is 0 Å². The molecule has 0 amide bonds. The molecule has 0 saturated carbocycles. The van der Waals surface area contributed by atoms with Gasteiger partial charge in [-0.2, -0.15) is 0 Å². The number of nitrogens with zero attached hydrogens (tertiary/aromatic N) is 1. The normalized spacial score (nSPS) is 17.2. The largest absolute Gasteiger partial charge is 0.502 e. The molecule has 0 aromatic heterocycles. The van der Waals surface area contributed by atoms with Gasteiger partial charge in [0.2, 0.25) is 0 Å². The first kappa shape index (κ1) is 11.1. The summed E-state index contributed by atoms with van der Waals surface area (Å²) in [6, 6.07) is 3.94. The molecule has 6 heteroatoms. The second-order valence-electron chi connectivity index (χ2n) is 3.56. The van der Waals surface area contributed by atoms with Crippen molar-refractivity contribution >= 4 is 17.7 Å². The fourth-order valence-corrected chi connectivity index (χ4v) is 1.56. The van der Waals surface area contributed by atoms with E-state index >= 15 is 0 Å². The van der Waals surface area contributed by atoms with Crippen molar-refractivity contribution in [3.63, 3.8) is 0 Å². The molecule has 1 aliphatic heterocycles. The number of hydrogen-bond acceptors (Lipinski definition) is 5. The average molecular weight is 235 g/mol. The molecule has 1 aromatic carbocycles. The Labute approximate surface area is 96.3 Å². The number of ether oxygens (including phenoxy) is 1. The van der Waals surface area contributed by atoms with Gasteiger partial charge in [0.05, 0.1) is 11.5 Å². The van der Waals surface area contributed by atoms with Gasteiger partial charge in [-0.25, -0.2) is 4.79 Å². The van der Waals surface area contributed by atoms with Crippen LogP contribution in [-0.2, 0) is 9.53 Å². The van der Waals surface area contributed by atoms with Gasteiger partial charge in [0.1, 0.15) is 0 Å². The Hall–Kier alpha value is -2.37. The number of carbonyl (C=O) groups is 1. The lowest BCUT2D eigenvalue weighted by Crippen LogP contribution is -1.94. The van der Waals surface area contributed by atoms with Crippen LogP contribution in [0.5, 0.6) is 5.75 Å². The highest BCUT2D eigenvalue weighted by atomic mass is 16.6. The van der Waals surface area contributed by atoms with Crippen molar-refractivity contribution in [1.29, 1.82) is 0 Å². The van der Waals surface area contributed by atoms with E-state index in [1.807, 2.05) is 0 Å². The van der Waals surface area contributed by atoms with Gasteiger partial charge in [-0.1, -0.05) is 6.07 Å². The SMILES string of the molecule is O=C1OCCC1=Cc1ccc(O)c([N+](=O)[O-])c1. The number of aromatic hydroxyl groups is 1. The van der Waals surface area contributed by atoms with E-state index < -0.39 is 16.6 Å². The van der Waals surface area contributed by atoms with Crippen molar-refractivity contribution in [3.05, 3.63) is 39.4 Å². The van der Waals surface area contributed by atoms with Gasteiger partial charge in [-0.05, 0) is 17.7 Å². The van der Waals surface area contributed by atoms with Crippen LogP contribution in [0.2, 0.25) is 0 Å². The summed E-state index contributed by atoms with van der Waals surface area (Å²) in [6.45, 7) is 0.338. The fourth-order valence-electron chi connectivity index (χ4n) is 1.56. The zero-order valence-corrected chi connectivity index (χ0v) is 8.75. The molecule has 0 bridgehead atoms. The number of esters is 1. The lowest BCUT2D eigenvalue weighted by molar-refractivity contribution is -0.385. The number of cyclic esters (lactones) is 1. The molecule has 0 spiro atoms. The number of hydrogen-bond donors (Lipinski definition) is 1. The summed E-state index contributed by atoms with van der Waals surface area (Å²) in [7, 11) is 0. The number of benzene rings is 1. The molecule has 2 rings (SSSR count). The van der Waals surface area contributed by atoms with Crippen LogP contribution in [0.15, 0.2) is 23.8 Å². The Morgan fingerprint density at radius 3 is 2.82 bits per heavy atom. The van der Waals surface area contributed by atoms with Crippen molar-refractivity contribution in [2.24, 2.45) is 0 Å². The first-order valence-electron chi connectivity index (χ1n) is 4.93. The highest BCUT2D eigenvalue weighted by Crippen LogP contribution is 2.28. The molecule has 0 radical (unpaired) electrons. The molecule has 1 aliphatic rings. The number of phenolic OH excluding ortho intramolecular Hbond substituents is 1. The summed E-state index contributed by atoms with van der Waals surface area (Å²) in [5, 5.41) is 19.9. The molecule has 0 unspecified atom stereocenters. The Morgan fingerprint density at radius 1 is 1.47 bits per heavy atom. The predicted molar refractivity (Wildman–Crippen MR) is 58.3 cm³/mol. The minimum absolute atomic E-state index is 0.338. The Bertz CT molecular complexity index is 521. The predicted octanol–water partition coefficient (Wildman–Crippen LogP) is 1.63. The lowest BCUT2D eigenvalue weighted by atomic mass is 10.1. The highest BCUT2D eigenvalue weighted by Gasteiger charge is 2.19. The van der Waals surface area contributed by atoms with Gasteiger partial charge >= 0.3 is 11.7 Å². The zero-order chi connectivity index (χ0) is 12.4. The van der Waals surface area contributed by atoms with Gasteiger partial charge in [-0.15, -0.1) is 0 Å². The van der Waals surface area contributed by atoms with E-state index in [-0.39, 0.29) is 5.69 Å². The zero-order valence-electron chi connectivity index (χ0n) is 8.75. The van der Waals surface area contributed by atoms with E-state index in [4.69, 9.17) is 4.74 Å². The molecule has 1 aromatic rings. The minimum atomic E-state index is -0.676. The molecule has 0 atom stereocenters. The van der Waals surface area contributed by atoms with Crippen LogP contribution in [0, 0.1) is 10.1 Å². The van der Waals surface area contributed by atoms with Crippen molar-refractivity contribution in [2.45, 2.75) is 6.42 Å². The Balaban J connectivity index is 2.37. The van der Waals surface area contributed by atoms with Crippen molar-refractivity contribution < 1.29 is 19.6 Å². The maximum absolute atomic E-state index is 11.2. The maximum Gasteiger partial charge on any atom is 0.334 e. The second kappa shape index (κ2) is 4.25. The van der Waals surface area contributed by atoms with E-state index in [1.54, 1.807) is 0 Å². The number of nitro benzene ring substituents is 1. The fraction of sp³-hybridized carbons (Fsp3) is 0.182. The van der Waals surface area contributed by atoms with E-state index in [9.17, 15) is 20.0 Å². The third-order valence-electron chi connectivity index (χ3n) is 2.40. The van der Waals surface area contributed by atoms with Crippen LogP contribution in [0.1, 0.15) is 12.0 Å². The average Bonchev–Trinajstić information content (AvgIpc) is 2.67. The van der Waals surface area contributed by atoms with Crippen LogP contribution in [0.3, 0.4) is 0 Å². The van der Waals surface area contributed by atoms with Gasteiger partial charge in [0.25, 0.3) is 0 Å². The number of phenols is 1. The van der Waals surface area contributed by atoms with Crippen LogP contribution in [0.4, 0.5) is 5.69 Å². The van der Waals surface area contributed by atoms with Crippen molar-refractivity contribution in [2.75, 3.05) is 6.61 Å². The summed E-state index contributed by atoms with van der Waals surface area (Å²) in [6.07, 6.45) is 2.02. The standard InChI is InChI=1S/C11H9NO5/c13-10-2-1-7(6-9(10)12(15)16)5-8-3-4-17-11(8)14/h1-2,5-6,13H,3-4H2. The monoisotopic (exact) mass is 235 g/mol. The third-order valence-corrected chi connectivity index (χ3v) is 2.40. The summed E-state index contributed by atoms with van der Waals surface area (Å²) in [5.74, 6) is -0.799. The number of carbonyl (C=O) groups excluding carboxylic acids is 1. The van der Waals surface area contributed by atoms with Gasteiger partial charge in [0.15, 0.2) is 5.75 Å². The first-order chi connectivity index (χ1) is 8.08. The molecule has 1 saturated heterocycles. The van der Waals surface area contributed by atoms with Crippen molar-refractivity contribution in [1.82, 2.24) is 0 Å². The lowest BCUT2D eigenvalue weighted by Gasteiger charge is -1.98. The molecule has 88 valence electrons. The summed E-state index contributed by atoms with van der Waals surface area (Å²) in [4.78, 5) is 21.1. The van der Waals surface area contributed by atoms with Crippen LogP contribution < -0.4 is 0 Å². The van der Waals surface area contributed by atoms with Gasteiger partial charge in [-0.3, -0.25) is 10.1 Å². The first-order valence-corrected chi connectivity index (χ1v) is 4.93. The maximum atomic E-state index is 11.2. The van der Waals surface area contributed by atoms with Gasteiger partial charge in [0, 0.05) is 18.1 Å². The van der Waals surface area contributed by atoms with Crippen molar-refractivity contribution in [3.8, 4) is 5.75 Å². The molecule has 1 fully saturated rings. The second-order valence-corrected chi connectivity index (χ2v) is 3.56. The molecule has 1 N–H and O–H groups in total. The smallest absolute Gasteiger partial charge is 0.334 e. The van der Waals surface area contributed by atoms with E-state index in [0.29, 0.717) is 24.2 Å². The number of nitro groups is 1. The third kappa shape index (κ3) is 2.25. The Kier molecular flexibility index (Phi) is 2.78. The molecule has 1 heterocycles. The minimum Gasteiger partial charge on any atom is -0.502 e. The van der Waals surface area contributed by atoms with Gasteiger partial charge < -0.3 is 9.84 Å². The van der Waals surface area contributed by atoms with Crippen LogP contribution in [-0.4, -0.2) is 22.6 Å². The molecule has 17 heavy (non-hydrogen) atoms. The van der Waals surface area contributed by atoms with Crippen LogP contribution in [0.25, 0.3) is 6.08 Å². The summed E-state index contributed by atoms with van der Waals surface area (Å²) < 4.78 is 4.75. The van der Waals surface area contributed by atoms with E-state index in [2.05, 4.69) is 0 Å². The summed E-state index contributed by atoms with van der Waals surface area (Å²) in [5.41, 5.74) is 0.582. The van der Waals surface area contributed by atoms with E-state index in [1.165, 1.54) is 24.3 Å². The Morgan fingerprint density at radius 2 is 2.24 bits per heavy atom. The topological polar surface area (TPSA) is 89.7 Å². The quantitative estimate of drug-likeness (QED) is 0.364. The molecule has 6 nitrogen and oxygen atoms in total. The molecule has 0 aliphatic carbocycles. The molecular weight excluding hydrogens is 226 g/mol. The summed E-state index contributed by atoms with van der Waals surface area (Å²) >= 11 is 0.